The molecule has 4 unspecified atom stereocenters. The number of aliphatic carboxylic acids is 1. The molecule has 0 saturated carbocycles. The molecule has 12 nitrogen and oxygen atoms in total. The molecule has 13 heteroatoms. The molecule has 1 aliphatic heterocycles. The fourth-order valence-electron chi connectivity index (χ4n) is 3.74. The number of primary amides is 1. The SMILES string of the molecule is CSCCC(NC(=O)C(CCC(N)=O)NC(=O)C1CCCN1C(=O)C(N)CCCCN)C(=O)O. The topological polar surface area (TPSA) is 211 Å². The van der Waals surface area contributed by atoms with Gasteiger partial charge in [0.05, 0.1) is 6.04 Å². The lowest BCUT2D eigenvalue weighted by Gasteiger charge is -2.28. The molecule has 1 fully saturated rings. The quantitative estimate of drug-likeness (QED) is 0.135. The first-order chi connectivity index (χ1) is 16.1. The highest BCUT2D eigenvalue weighted by atomic mass is 32.2. The Bertz CT molecular complexity index is 724. The number of amides is 4. The van der Waals surface area contributed by atoms with Gasteiger partial charge in [-0.25, -0.2) is 4.79 Å². The maximum atomic E-state index is 13.0. The minimum absolute atomic E-state index is 0.0962. The van der Waals surface area contributed by atoms with E-state index in [-0.39, 0.29) is 25.2 Å². The number of hydrogen-bond acceptors (Lipinski definition) is 8. The molecule has 0 aromatic rings. The molecule has 1 aliphatic rings. The van der Waals surface area contributed by atoms with Crippen LogP contribution in [0.3, 0.4) is 0 Å². The number of carboxylic acids is 1. The van der Waals surface area contributed by atoms with Crippen molar-refractivity contribution in [1.29, 1.82) is 0 Å². The Labute approximate surface area is 204 Å². The van der Waals surface area contributed by atoms with Crippen LogP contribution in [0.5, 0.6) is 0 Å². The van der Waals surface area contributed by atoms with Crippen molar-refractivity contribution in [2.24, 2.45) is 17.2 Å². The molecule has 0 aliphatic carbocycles. The van der Waals surface area contributed by atoms with E-state index in [9.17, 15) is 29.1 Å². The Hall–Kier alpha value is -2.38. The minimum atomic E-state index is -1.20. The van der Waals surface area contributed by atoms with Gasteiger partial charge in [0.15, 0.2) is 0 Å². The van der Waals surface area contributed by atoms with E-state index >= 15 is 0 Å². The number of carboxylic acid groups (broad SMARTS) is 1. The number of nitrogens with two attached hydrogens (primary N) is 3. The van der Waals surface area contributed by atoms with Crippen molar-refractivity contribution >= 4 is 41.4 Å². The zero-order chi connectivity index (χ0) is 25.7. The summed E-state index contributed by atoms with van der Waals surface area (Å²) in [4.78, 5) is 62.8. The average Bonchev–Trinajstić information content (AvgIpc) is 3.28. The second-order valence-corrected chi connectivity index (χ2v) is 9.31. The van der Waals surface area contributed by atoms with Crippen molar-refractivity contribution in [3.8, 4) is 0 Å². The van der Waals surface area contributed by atoms with Crippen LogP contribution in [0.4, 0.5) is 0 Å². The molecule has 0 aromatic heterocycles. The molecule has 4 amide bonds. The predicted octanol–water partition coefficient (Wildman–Crippen LogP) is -1.49. The number of unbranched alkanes of at least 4 members (excludes halogenated alkanes) is 1. The highest BCUT2D eigenvalue weighted by Crippen LogP contribution is 2.20. The van der Waals surface area contributed by atoms with Crippen LogP contribution < -0.4 is 27.8 Å². The van der Waals surface area contributed by atoms with Crippen LogP contribution in [0.1, 0.15) is 51.4 Å². The van der Waals surface area contributed by atoms with E-state index in [4.69, 9.17) is 17.2 Å². The predicted molar refractivity (Wildman–Crippen MR) is 129 cm³/mol. The highest BCUT2D eigenvalue weighted by Gasteiger charge is 2.37. The van der Waals surface area contributed by atoms with Crippen LogP contribution in [-0.4, -0.2) is 88.9 Å². The molecule has 194 valence electrons. The van der Waals surface area contributed by atoms with Crippen LogP contribution in [0.15, 0.2) is 0 Å². The lowest BCUT2D eigenvalue weighted by molar-refractivity contribution is -0.143. The Balaban J connectivity index is 2.87. The number of likely N-dealkylation sites (tertiary alicyclic amines) is 1. The molecule has 9 N–H and O–H groups in total. The third-order valence-corrected chi connectivity index (χ3v) is 6.31. The normalized spacial score (nSPS) is 18.1. The number of rotatable bonds is 16. The number of nitrogens with zero attached hydrogens (tertiary/aromatic N) is 1. The first-order valence-corrected chi connectivity index (χ1v) is 12.9. The van der Waals surface area contributed by atoms with Crippen LogP contribution in [-0.2, 0) is 24.0 Å². The van der Waals surface area contributed by atoms with Crippen molar-refractivity contribution in [2.45, 2.75) is 75.5 Å². The van der Waals surface area contributed by atoms with Crippen LogP contribution in [0.2, 0.25) is 0 Å². The van der Waals surface area contributed by atoms with Gasteiger partial charge < -0.3 is 37.8 Å². The van der Waals surface area contributed by atoms with Gasteiger partial charge in [0.1, 0.15) is 18.1 Å². The molecule has 1 heterocycles. The summed E-state index contributed by atoms with van der Waals surface area (Å²) in [5.74, 6) is -2.96. The smallest absolute Gasteiger partial charge is 0.326 e. The zero-order valence-electron chi connectivity index (χ0n) is 19.7. The summed E-state index contributed by atoms with van der Waals surface area (Å²) in [5, 5.41) is 14.4. The number of carbonyl (C=O) groups is 5. The Kier molecular flexibility index (Phi) is 13.5. The fourth-order valence-corrected chi connectivity index (χ4v) is 4.21. The largest absolute Gasteiger partial charge is 0.480 e. The number of hydrogen-bond donors (Lipinski definition) is 6. The van der Waals surface area contributed by atoms with Crippen molar-refractivity contribution in [3.63, 3.8) is 0 Å². The lowest BCUT2D eigenvalue weighted by Crippen LogP contribution is -2.56. The first kappa shape index (κ1) is 29.7. The van der Waals surface area contributed by atoms with E-state index in [1.54, 1.807) is 0 Å². The summed E-state index contributed by atoms with van der Waals surface area (Å²) in [5.41, 5.74) is 16.7. The third kappa shape index (κ3) is 9.85. The van der Waals surface area contributed by atoms with Gasteiger partial charge in [-0.2, -0.15) is 11.8 Å². The number of thioether (sulfide) groups is 1. The van der Waals surface area contributed by atoms with Gasteiger partial charge in [0.2, 0.25) is 23.6 Å². The average molecular weight is 503 g/mol. The molecule has 34 heavy (non-hydrogen) atoms. The molecular formula is C21H38N6O6S. The maximum absolute atomic E-state index is 13.0. The zero-order valence-corrected chi connectivity index (χ0v) is 20.5. The summed E-state index contributed by atoms with van der Waals surface area (Å²) in [6, 6.07) is -3.86. The Morgan fingerprint density at radius 3 is 2.38 bits per heavy atom. The first-order valence-electron chi connectivity index (χ1n) is 11.5. The van der Waals surface area contributed by atoms with E-state index in [1.807, 2.05) is 6.26 Å². The van der Waals surface area contributed by atoms with Crippen LogP contribution in [0, 0.1) is 0 Å². The summed E-state index contributed by atoms with van der Waals surface area (Å²) in [6.07, 6.45) is 4.65. The van der Waals surface area contributed by atoms with E-state index in [0.29, 0.717) is 44.5 Å². The van der Waals surface area contributed by atoms with E-state index in [1.165, 1.54) is 16.7 Å². The van der Waals surface area contributed by atoms with Crippen molar-refractivity contribution in [3.05, 3.63) is 0 Å². The summed E-state index contributed by atoms with van der Waals surface area (Å²) in [6.45, 7) is 0.875. The molecule has 1 saturated heterocycles. The molecule has 0 radical (unpaired) electrons. The van der Waals surface area contributed by atoms with Gasteiger partial charge in [-0.05, 0) is 57.1 Å². The number of carbonyl (C=O) groups excluding carboxylic acids is 4. The van der Waals surface area contributed by atoms with Crippen LogP contribution >= 0.6 is 11.8 Å². The van der Waals surface area contributed by atoms with Crippen molar-refractivity contribution < 1.29 is 29.1 Å². The molecular weight excluding hydrogens is 464 g/mol. The monoisotopic (exact) mass is 502 g/mol. The van der Waals surface area contributed by atoms with E-state index in [2.05, 4.69) is 10.6 Å². The van der Waals surface area contributed by atoms with Gasteiger partial charge in [0, 0.05) is 13.0 Å². The highest BCUT2D eigenvalue weighted by molar-refractivity contribution is 7.98. The third-order valence-electron chi connectivity index (χ3n) is 5.66. The van der Waals surface area contributed by atoms with Crippen molar-refractivity contribution in [2.75, 3.05) is 25.1 Å². The summed E-state index contributed by atoms with van der Waals surface area (Å²) >= 11 is 1.44. The second kappa shape index (κ2) is 15.5. The molecule has 1 rings (SSSR count). The van der Waals surface area contributed by atoms with Crippen molar-refractivity contribution in [1.82, 2.24) is 15.5 Å². The molecule has 0 spiro atoms. The van der Waals surface area contributed by atoms with Gasteiger partial charge in [0.25, 0.3) is 0 Å². The van der Waals surface area contributed by atoms with Gasteiger partial charge >= 0.3 is 5.97 Å². The maximum Gasteiger partial charge on any atom is 0.326 e. The standard InChI is InChI=1S/C21H38N6O6S/c1-34-12-9-15(21(32)33)26-18(29)14(7-8-17(24)28)25-19(30)16-6-4-11-27(16)20(31)13(23)5-2-3-10-22/h13-16H,2-12,22-23H2,1H3,(H2,24,28)(H,25,30)(H,26,29)(H,32,33). The van der Waals surface area contributed by atoms with Gasteiger partial charge in [-0.15, -0.1) is 0 Å². The van der Waals surface area contributed by atoms with Crippen LogP contribution in [0.25, 0.3) is 0 Å². The molecule has 0 bridgehead atoms. The number of nitrogens with one attached hydrogen (secondary N) is 2. The molecule has 4 atom stereocenters. The van der Waals surface area contributed by atoms with Gasteiger partial charge in [-0.3, -0.25) is 19.2 Å². The minimum Gasteiger partial charge on any atom is -0.480 e. The van der Waals surface area contributed by atoms with Gasteiger partial charge in [-0.1, -0.05) is 6.42 Å². The summed E-state index contributed by atoms with van der Waals surface area (Å²) in [7, 11) is 0. The fraction of sp³-hybridized carbons (Fsp3) is 0.762. The second-order valence-electron chi connectivity index (χ2n) is 8.33. The Morgan fingerprint density at radius 1 is 1.09 bits per heavy atom. The molecule has 0 aromatic carbocycles. The Morgan fingerprint density at radius 2 is 1.79 bits per heavy atom. The summed E-state index contributed by atoms with van der Waals surface area (Å²) < 4.78 is 0. The van der Waals surface area contributed by atoms with E-state index < -0.39 is 47.9 Å². The van der Waals surface area contributed by atoms with E-state index in [0.717, 1.165) is 6.42 Å². The lowest BCUT2D eigenvalue weighted by atomic mass is 10.1.